The van der Waals surface area contributed by atoms with Crippen molar-refractivity contribution in [2.24, 2.45) is 0 Å². The summed E-state index contributed by atoms with van der Waals surface area (Å²) < 4.78 is 34.7. The second-order valence-corrected chi connectivity index (χ2v) is 11.0. The number of hydrogen-bond donors (Lipinski definition) is 1. The van der Waals surface area contributed by atoms with E-state index in [1.54, 1.807) is 15.7 Å². The minimum absolute atomic E-state index is 0.0116. The summed E-state index contributed by atoms with van der Waals surface area (Å²) in [5, 5.41) is 2.88. The summed E-state index contributed by atoms with van der Waals surface area (Å²) in [5.74, 6) is -0.138. The van der Waals surface area contributed by atoms with E-state index >= 15 is 0 Å². The van der Waals surface area contributed by atoms with Crippen molar-refractivity contribution in [3.8, 4) is 0 Å². The maximum Gasteiger partial charge on any atom is 0.317 e. The zero-order valence-electron chi connectivity index (χ0n) is 20.9. The summed E-state index contributed by atoms with van der Waals surface area (Å²) in [6.45, 7) is 5.97. The van der Waals surface area contributed by atoms with Crippen LogP contribution in [0.25, 0.3) is 0 Å². The van der Waals surface area contributed by atoms with Crippen molar-refractivity contribution in [2.45, 2.75) is 56.8 Å². The molecule has 0 radical (unpaired) electrons. The van der Waals surface area contributed by atoms with Crippen LogP contribution in [0, 0.1) is 6.92 Å². The third-order valence-corrected chi connectivity index (χ3v) is 7.96. The molecule has 1 aromatic heterocycles. The van der Waals surface area contributed by atoms with E-state index in [4.69, 9.17) is 4.74 Å². The topological polar surface area (TPSA) is 93.5 Å². The second-order valence-electron chi connectivity index (χ2n) is 9.14. The number of carbonyl (C=O) groups excluding carboxylic acids is 1. The molecule has 1 aliphatic rings. The lowest BCUT2D eigenvalue weighted by molar-refractivity contribution is 0.0789. The van der Waals surface area contributed by atoms with Gasteiger partial charge in [-0.05, 0) is 43.4 Å². The van der Waals surface area contributed by atoms with Gasteiger partial charge in [0.15, 0.2) is 0 Å². The van der Waals surface area contributed by atoms with Crippen LogP contribution in [0.5, 0.6) is 0 Å². The van der Waals surface area contributed by atoms with Gasteiger partial charge < -0.3 is 19.5 Å². The largest absolute Gasteiger partial charge is 0.376 e. The van der Waals surface area contributed by atoms with Crippen LogP contribution in [0.4, 0.5) is 4.79 Å². The summed E-state index contributed by atoms with van der Waals surface area (Å²) in [4.78, 5) is 19.0. The number of hydrogen-bond acceptors (Lipinski definition) is 5. The molecular formula is C27H34N4O4S. The van der Waals surface area contributed by atoms with Gasteiger partial charge in [0.1, 0.15) is 0 Å². The van der Waals surface area contributed by atoms with Crippen LogP contribution < -0.4 is 5.32 Å². The monoisotopic (exact) mass is 510 g/mol. The number of amides is 2. The molecule has 4 rings (SSSR count). The molecule has 36 heavy (non-hydrogen) atoms. The predicted molar refractivity (Wildman–Crippen MR) is 138 cm³/mol. The van der Waals surface area contributed by atoms with Crippen LogP contribution in [0.15, 0.2) is 66.0 Å². The summed E-state index contributed by atoms with van der Waals surface area (Å²) in [6.07, 6.45) is 3.42. The summed E-state index contributed by atoms with van der Waals surface area (Å²) in [7, 11) is -3.75. The van der Waals surface area contributed by atoms with Crippen LogP contribution >= 0.6 is 0 Å². The molecule has 1 atom stereocenters. The first-order valence-corrected chi connectivity index (χ1v) is 14.0. The molecule has 192 valence electrons. The highest BCUT2D eigenvalue weighted by molar-refractivity contribution is 7.90. The average Bonchev–Trinajstić information content (AvgIpc) is 3.51. The molecule has 9 heteroatoms. The van der Waals surface area contributed by atoms with Gasteiger partial charge in [0.25, 0.3) is 0 Å². The van der Waals surface area contributed by atoms with E-state index in [1.165, 1.54) is 0 Å². The number of sulfone groups is 1. The van der Waals surface area contributed by atoms with E-state index in [9.17, 15) is 13.2 Å². The fourth-order valence-corrected chi connectivity index (χ4v) is 6.05. The molecule has 0 aliphatic carbocycles. The van der Waals surface area contributed by atoms with Gasteiger partial charge in [0.2, 0.25) is 15.0 Å². The van der Waals surface area contributed by atoms with Crippen LogP contribution in [0.2, 0.25) is 0 Å². The SMILES string of the molecule is CCNC(=O)N(Cc1cnc(S(=O)(=O)Cc2ccccc2C)n1Cc1ccccc1)C[C@H]1CCCO1. The highest BCUT2D eigenvalue weighted by Gasteiger charge is 2.28. The lowest BCUT2D eigenvalue weighted by Gasteiger charge is -2.26. The normalized spacial score (nSPS) is 15.7. The highest BCUT2D eigenvalue weighted by atomic mass is 32.2. The number of aryl methyl sites for hydroxylation is 1. The Morgan fingerprint density at radius 2 is 1.92 bits per heavy atom. The average molecular weight is 511 g/mol. The third-order valence-electron chi connectivity index (χ3n) is 6.39. The first kappa shape index (κ1) is 25.9. The van der Waals surface area contributed by atoms with Gasteiger partial charge in [0, 0.05) is 19.7 Å². The second kappa shape index (κ2) is 11.7. The number of benzene rings is 2. The Morgan fingerprint density at radius 1 is 1.17 bits per heavy atom. The lowest BCUT2D eigenvalue weighted by atomic mass is 10.1. The van der Waals surface area contributed by atoms with Crippen molar-refractivity contribution in [3.63, 3.8) is 0 Å². The van der Waals surface area contributed by atoms with E-state index in [1.807, 2.05) is 68.4 Å². The zero-order chi connectivity index (χ0) is 25.5. The van der Waals surface area contributed by atoms with E-state index < -0.39 is 9.84 Å². The van der Waals surface area contributed by atoms with E-state index in [2.05, 4.69) is 10.3 Å². The van der Waals surface area contributed by atoms with Gasteiger partial charge in [0.05, 0.1) is 36.8 Å². The smallest absolute Gasteiger partial charge is 0.317 e. The van der Waals surface area contributed by atoms with E-state index in [0.717, 1.165) is 29.5 Å². The number of rotatable bonds is 10. The van der Waals surface area contributed by atoms with Gasteiger partial charge in [-0.1, -0.05) is 54.6 Å². The van der Waals surface area contributed by atoms with Crippen molar-refractivity contribution in [1.82, 2.24) is 19.8 Å². The number of nitrogens with zero attached hydrogens (tertiary/aromatic N) is 3. The molecule has 2 amide bonds. The van der Waals surface area contributed by atoms with Crippen LogP contribution in [-0.4, -0.2) is 54.7 Å². The minimum Gasteiger partial charge on any atom is -0.376 e. The Morgan fingerprint density at radius 3 is 2.61 bits per heavy atom. The van der Waals surface area contributed by atoms with E-state index in [-0.39, 0.29) is 29.6 Å². The maximum atomic E-state index is 13.6. The lowest BCUT2D eigenvalue weighted by Crippen LogP contribution is -2.43. The third kappa shape index (κ3) is 6.33. The van der Waals surface area contributed by atoms with Gasteiger partial charge in [-0.25, -0.2) is 18.2 Å². The number of nitrogens with one attached hydrogen (secondary N) is 1. The van der Waals surface area contributed by atoms with Crippen molar-refractivity contribution < 1.29 is 17.9 Å². The summed E-state index contributed by atoms with van der Waals surface area (Å²) in [5.41, 5.74) is 3.27. The number of aromatic nitrogens is 2. The molecule has 2 aromatic carbocycles. The Kier molecular flexibility index (Phi) is 8.43. The molecule has 3 aromatic rings. The molecule has 1 fully saturated rings. The molecule has 2 heterocycles. The van der Waals surface area contributed by atoms with Crippen LogP contribution in [-0.2, 0) is 33.4 Å². The number of urea groups is 1. The summed E-state index contributed by atoms with van der Waals surface area (Å²) >= 11 is 0. The van der Waals surface area contributed by atoms with Gasteiger partial charge >= 0.3 is 6.03 Å². The molecule has 0 spiro atoms. The molecule has 1 saturated heterocycles. The molecular weight excluding hydrogens is 476 g/mol. The standard InChI is InChI=1S/C27H34N4O4S/c1-3-28-26(32)30(19-25-14-9-15-35-25)18-24-16-29-27(31(24)17-22-11-5-4-6-12-22)36(33,34)20-23-13-8-7-10-21(23)2/h4-8,10-13,16,25H,3,9,14-15,17-20H2,1-2H3,(H,28,32)/t25-/m1/s1. The zero-order valence-corrected chi connectivity index (χ0v) is 21.7. The Labute approximate surface area is 213 Å². The Bertz CT molecular complexity index is 1270. The quantitative estimate of drug-likeness (QED) is 0.446. The molecule has 0 saturated carbocycles. The molecule has 0 bridgehead atoms. The van der Waals surface area contributed by atoms with Crippen molar-refractivity contribution in [1.29, 1.82) is 0 Å². The Hall–Kier alpha value is -3.17. The van der Waals surface area contributed by atoms with E-state index in [0.29, 0.717) is 31.9 Å². The maximum absolute atomic E-state index is 13.6. The van der Waals surface area contributed by atoms with Gasteiger partial charge in [-0.2, -0.15) is 0 Å². The van der Waals surface area contributed by atoms with Crippen molar-refractivity contribution >= 4 is 15.9 Å². The molecule has 1 aliphatic heterocycles. The van der Waals surface area contributed by atoms with Gasteiger partial charge in [-0.3, -0.25) is 0 Å². The fourth-order valence-electron chi connectivity index (χ4n) is 4.45. The number of ether oxygens (including phenoxy) is 1. The van der Waals surface area contributed by atoms with Crippen LogP contribution in [0.1, 0.15) is 42.1 Å². The summed E-state index contributed by atoms with van der Waals surface area (Å²) in [6, 6.07) is 16.9. The molecule has 8 nitrogen and oxygen atoms in total. The predicted octanol–water partition coefficient (Wildman–Crippen LogP) is 3.92. The fraction of sp³-hybridized carbons (Fsp3) is 0.407. The van der Waals surface area contributed by atoms with Crippen LogP contribution in [0.3, 0.4) is 0 Å². The molecule has 0 unspecified atom stereocenters. The first-order valence-electron chi connectivity index (χ1n) is 12.4. The van der Waals surface area contributed by atoms with Gasteiger partial charge in [-0.15, -0.1) is 0 Å². The number of imidazole rings is 1. The highest BCUT2D eigenvalue weighted by Crippen LogP contribution is 2.22. The van der Waals surface area contributed by atoms with Crippen molar-refractivity contribution in [2.75, 3.05) is 19.7 Å². The van der Waals surface area contributed by atoms with Crippen molar-refractivity contribution in [3.05, 3.63) is 83.2 Å². The number of carbonyl (C=O) groups is 1. The Balaban J connectivity index is 1.68. The minimum atomic E-state index is -3.75. The molecule has 1 N–H and O–H groups in total. The first-order chi connectivity index (χ1) is 17.4.